The molecule has 0 unspecified atom stereocenters. The van der Waals surface area contributed by atoms with E-state index >= 15 is 0 Å². The Kier molecular flexibility index (Phi) is 5.25. The van der Waals surface area contributed by atoms with Gasteiger partial charge in [0.05, 0.1) is 12.6 Å². The zero-order valence-electron chi connectivity index (χ0n) is 12.9. The van der Waals surface area contributed by atoms with Crippen molar-refractivity contribution in [2.75, 3.05) is 33.3 Å². The number of Topliss-reactive ketones (excluding diaryl/α,β-unsaturated/α-hetero) is 1. The highest BCUT2D eigenvalue weighted by molar-refractivity contribution is 6.30. The molecule has 4 nitrogen and oxygen atoms in total. The molecule has 1 aromatic carbocycles. The molecule has 1 heterocycles. The van der Waals surface area contributed by atoms with Gasteiger partial charge in [-0.3, -0.25) is 9.69 Å². The lowest BCUT2D eigenvalue weighted by molar-refractivity contribution is -0.129. The monoisotopic (exact) mass is 310 g/mol. The van der Waals surface area contributed by atoms with Crippen molar-refractivity contribution in [2.24, 2.45) is 0 Å². The summed E-state index contributed by atoms with van der Waals surface area (Å²) in [6, 6.07) is 5.39. The molecule has 0 atom stereocenters. The van der Waals surface area contributed by atoms with Crippen LogP contribution in [-0.4, -0.2) is 49.5 Å². The number of ether oxygens (including phenoxy) is 1. The molecule has 0 saturated carbocycles. The van der Waals surface area contributed by atoms with Gasteiger partial charge in [0.25, 0.3) is 0 Å². The number of carbonyl (C=O) groups is 1. The molecule has 0 amide bonds. The van der Waals surface area contributed by atoms with Gasteiger partial charge in [0.1, 0.15) is 5.75 Å². The van der Waals surface area contributed by atoms with Crippen LogP contribution >= 0.6 is 11.6 Å². The minimum Gasteiger partial charge on any atom is -0.496 e. The fourth-order valence-corrected chi connectivity index (χ4v) is 2.87. The van der Waals surface area contributed by atoms with Crippen LogP contribution in [0.2, 0.25) is 5.02 Å². The van der Waals surface area contributed by atoms with Crippen molar-refractivity contribution in [3.63, 3.8) is 0 Å². The maximum atomic E-state index is 12.8. The van der Waals surface area contributed by atoms with Gasteiger partial charge in [-0.2, -0.15) is 0 Å². The molecule has 0 aromatic heterocycles. The lowest BCUT2D eigenvalue weighted by atomic mass is 9.91. The van der Waals surface area contributed by atoms with Crippen molar-refractivity contribution in [1.29, 1.82) is 0 Å². The topological polar surface area (TPSA) is 41.6 Å². The first-order chi connectivity index (χ1) is 9.95. The van der Waals surface area contributed by atoms with Crippen LogP contribution < -0.4 is 10.1 Å². The molecule has 0 spiro atoms. The maximum absolute atomic E-state index is 12.8. The van der Waals surface area contributed by atoms with Crippen molar-refractivity contribution < 1.29 is 9.53 Å². The number of halogens is 1. The van der Waals surface area contributed by atoms with Gasteiger partial charge in [0.2, 0.25) is 0 Å². The Morgan fingerprint density at radius 1 is 1.38 bits per heavy atom. The van der Waals surface area contributed by atoms with Crippen molar-refractivity contribution in [3.8, 4) is 5.75 Å². The van der Waals surface area contributed by atoms with E-state index in [1.807, 2.05) is 26.0 Å². The zero-order chi connectivity index (χ0) is 15.5. The summed E-state index contributed by atoms with van der Waals surface area (Å²) in [6.07, 6.45) is 0.334. The summed E-state index contributed by atoms with van der Waals surface area (Å²) >= 11 is 6.03. The Bertz CT molecular complexity index is 511. The third kappa shape index (κ3) is 3.76. The van der Waals surface area contributed by atoms with E-state index in [1.54, 1.807) is 13.2 Å². The number of ketones is 1. The van der Waals surface area contributed by atoms with Crippen molar-refractivity contribution >= 4 is 17.4 Å². The van der Waals surface area contributed by atoms with Gasteiger partial charge in [0, 0.05) is 43.2 Å². The van der Waals surface area contributed by atoms with Crippen LogP contribution in [0.1, 0.15) is 19.4 Å². The minimum atomic E-state index is -0.477. The average molecular weight is 311 g/mol. The van der Waals surface area contributed by atoms with Crippen LogP contribution in [0.4, 0.5) is 0 Å². The second kappa shape index (κ2) is 6.77. The molecular formula is C16H23ClN2O2. The number of methoxy groups -OCH3 is 1. The lowest BCUT2D eigenvalue weighted by Crippen LogP contribution is -2.57. The number of nitrogens with one attached hydrogen (secondary N) is 1. The number of benzene rings is 1. The molecule has 116 valence electrons. The minimum absolute atomic E-state index is 0.185. The fourth-order valence-electron chi connectivity index (χ4n) is 2.67. The summed E-state index contributed by atoms with van der Waals surface area (Å²) in [6.45, 7) is 7.64. The maximum Gasteiger partial charge on any atom is 0.157 e. The molecule has 1 N–H and O–H groups in total. The number of nitrogens with zero attached hydrogens (tertiary/aromatic N) is 1. The number of hydrogen-bond acceptors (Lipinski definition) is 4. The standard InChI is InChI=1S/C16H23ClN2O2/c1-16(2,19-8-6-18-7-9-19)15(20)11-12-10-13(17)4-5-14(12)21-3/h4-5,10,18H,6-9,11H2,1-3H3. The smallest absolute Gasteiger partial charge is 0.157 e. The second-order valence-electron chi connectivity index (χ2n) is 5.85. The van der Waals surface area contributed by atoms with E-state index in [1.165, 1.54) is 0 Å². The SMILES string of the molecule is COc1ccc(Cl)cc1CC(=O)C(C)(C)N1CCNCC1. The molecular weight excluding hydrogens is 288 g/mol. The van der Waals surface area contributed by atoms with Crippen LogP contribution in [0.5, 0.6) is 5.75 Å². The molecule has 0 radical (unpaired) electrons. The van der Waals surface area contributed by atoms with Gasteiger partial charge >= 0.3 is 0 Å². The largest absolute Gasteiger partial charge is 0.496 e. The van der Waals surface area contributed by atoms with E-state index in [0.29, 0.717) is 17.2 Å². The van der Waals surface area contributed by atoms with E-state index in [9.17, 15) is 4.79 Å². The molecule has 21 heavy (non-hydrogen) atoms. The summed E-state index contributed by atoms with van der Waals surface area (Å²) in [7, 11) is 1.61. The summed E-state index contributed by atoms with van der Waals surface area (Å²) < 4.78 is 5.32. The van der Waals surface area contributed by atoms with E-state index < -0.39 is 5.54 Å². The van der Waals surface area contributed by atoms with Gasteiger partial charge < -0.3 is 10.1 Å². The fraction of sp³-hybridized carbons (Fsp3) is 0.562. The number of piperazine rings is 1. The van der Waals surface area contributed by atoms with Gasteiger partial charge in [-0.05, 0) is 32.0 Å². The second-order valence-corrected chi connectivity index (χ2v) is 6.29. The highest BCUT2D eigenvalue weighted by Crippen LogP contribution is 2.26. The van der Waals surface area contributed by atoms with Crippen molar-refractivity contribution in [3.05, 3.63) is 28.8 Å². The van der Waals surface area contributed by atoms with Gasteiger partial charge in [-0.15, -0.1) is 0 Å². The third-order valence-electron chi connectivity index (χ3n) is 4.18. The van der Waals surface area contributed by atoms with Crippen LogP contribution in [0, 0.1) is 0 Å². The van der Waals surface area contributed by atoms with Gasteiger partial charge in [-0.25, -0.2) is 0 Å². The highest BCUT2D eigenvalue weighted by Gasteiger charge is 2.35. The quantitative estimate of drug-likeness (QED) is 0.905. The third-order valence-corrected chi connectivity index (χ3v) is 4.42. The van der Waals surface area contributed by atoms with E-state index in [2.05, 4.69) is 10.2 Å². The summed E-state index contributed by atoms with van der Waals surface area (Å²) in [4.78, 5) is 15.0. The molecule has 2 rings (SSSR count). The Morgan fingerprint density at radius 3 is 2.67 bits per heavy atom. The predicted octanol–water partition coefficient (Wildman–Crippen LogP) is 2.14. The van der Waals surface area contributed by atoms with Crippen LogP contribution in [0.15, 0.2) is 18.2 Å². The zero-order valence-corrected chi connectivity index (χ0v) is 13.7. The number of carbonyl (C=O) groups excluding carboxylic acids is 1. The first kappa shape index (κ1) is 16.3. The van der Waals surface area contributed by atoms with E-state index in [0.717, 1.165) is 31.7 Å². The first-order valence-corrected chi connectivity index (χ1v) is 7.64. The molecule has 1 fully saturated rings. The molecule has 1 aromatic rings. The lowest BCUT2D eigenvalue weighted by Gasteiger charge is -2.40. The Labute approximate surface area is 131 Å². The molecule has 1 aliphatic rings. The predicted molar refractivity (Wildman–Crippen MR) is 85.2 cm³/mol. The summed E-state index contributed by atoms with van der Waals surface area (Å²) in [5, 5.41) is 3.93. The number of hydrogen-bond donors (Lipinski definition) is 1. The van der Waals surface area contributed by atoms with Crippen LogP contribution in [0.25, 0.3) is 0 Å². The molecule has 0 aliphatic carbocycles. The molecule has 0 bridgehead atoms. The molecule has 5 heteroatoms. The number of rotatable bonds is 5. The molecule has 1 aliphatic heterocycles. The Balaban J connectivity index is 2.14. The van der Waals surface area contributed by atoms with Gasteiger partial charge in [0.15, 0.2) is 5.78 Å². The van der Waals surface area contributed by atoms with Gasteiger partial charge in [-0.1, -0.05) is 11.6 Å². The first-order valence-electron chi connectivity index (χ1n) is 7.26. The normalized spacial score (nSPS) is 16.8. The van der Waals surface area contributed by atoms with E-state index in [-0.39, 0.29) is 5.78 Å². The van der Waals surface area contributed by atoms with E-state index in [4.69, 9.17) is 16.3 Å². The Morgan fingerprint density at radius 2 is 2.05 bits per heavy atom. The highest BCUT2D eigenvalue weighted by atomic mass is 35.5. The molecule has 1 saturated heterocycles. The summed E-state index contributed by atoms with van der Waals surface area (Å²) in [5.74, 6) is 0.897. The summed E-state index contributed by atoms with van der Waals surface area (Å²) in [5.41, 5.74) is 0.369. The van der Waals surface area contributed by atoms with Crippen LogP contribution in [-0.2, 0) is 11.2 Å². The average Bonchev–Trinajstić information content (AvgIpc) is 2.48. The Hall–Kier alpha value is -1.10. The van der Waals surface area contributed by atoms with Crippen molar-refractivity contribution in [1.82, 2.24) is 10.2 Å². The van der Waals surface area contributed by atoms with Crippen LogP contribution in [0.3, 0.4) is 0 Å². The van der Waals surface area contributed by atoms with Crippen molar-refractivity contribution in [2.45, 2.75) is 25.8 Å².